The molecule has 2 aliphatic rings. The highest BCUT2D eigenvalue weighted by Crippen LogP contribution is 2.38. The third-order valence-electron chi connectivity index (χ3n) is 5.77. The minimum absolute atomic E-state index is 0.00262. The Hall–Kier alpha value is -3.20. The van der Waals surface area contributed by atoms with Crippen molar-refractivity contribution in [3.05, 3.63) is 53.6 Å². The van der Waals surface area contributed by atoms with E-state index in [1.807, 2.05) is 47.4 Å². The number of carbonyl (C=O) groups is 1. The lowest BCUT2D eigenvalue weighted by Gasteiger charge is -2.27. The SMILES string of the molecule is CCc1cccc(N(C#N)CC(=O)N2CCC[C@H]2c2ccc3c(c2)OCCCO3)c1. The summed E-state index contributed by atoms with van der Waals surface area (Å²) in [6, 6.07) is 13.8. The lowest BCUT2D eigenvalue weighted by atomic mass is 10.0. The molecule has 1 saturated heterocycles. The van der Waals surface area contributed by atoms with Gasteiger partial charge in [-0.3, -0.25) is 9.69 Å². The molecule has 1 atom stereocenters. The van der Waals surface area contributed by atoms with Gasteiger partial charge in [0.15, 0.2) is 17.7 Å². The summed E-state index contributed by atoms with van der Waals surface area (Å²) >= 11 is 0. The van der Waals surface area contributed by atoms with Crippen LogP contribution in [-0.4, -0.2) is 37.1 Å². The first kappa shape index (κ1) is 20.1. The van der Waals surface area contributed by atoms with Gasteiger partial charge in [0.2, 0.25) is 5.91 Å². The van der Waals surface area contributed by atoms with E-state index in [-0.39, 0.29) is 18.5 Å². The van der Waals surface area contributed by atoms with E-state index in [1.54, 1.807) is 0 Å². The van der Waals surface area contributed by atoms with Crippen LogP contribution >= 0.6 is 0 Å². The molecule has 1 amide bonds. The maximum atomic E-state index is 13.1. The van der Waals surface area contributed by atoms with Gasteiger partial charge in [-0.2, -0.15) is 5.26 Å². The van der Waals surface area contributed by atoms with Crippen LogP contribution in [0.5, 0.6) is 11.5 Å². The Kier molecular flexibility index (Phi) is 6.08. The van der Waals surface area contributed by atoms with E-state index in [0.29, 0.717) is 19.8 Å². The van der Waals surface area contributed by atoms with Crippen LogP contribution in [0.3, 0.4) is 0 Å². The third kappa shape index (κ3) is 4.20. The zero-order valence-electron chi connectivity index (χ0n) is 17.3. The average molecular weight is 405 g/mol. The molecular formula is C24H27N3O3. The number of aryl methyl sites for hydroxylation is 1. The fourth-order valence-corrected chi connectivity index (χ4v) is 4.15. The van der Waals surface area contributed by atoms with E-state index in [1.165, 1.54) is 4.90 Å². The predicted molar refractivity (Wildman–Crippen MR) is 115 cm³/mol. The van der Waals surface area contributed by atoms with Gasteiger partial charge in [0.1, 0.15) is 6.54 Å². The lowest BCUT2D eigenvalue weighted by molar-refractivity contribution is -0.130. The maximum absolute atomic E-state index is 13.1. The summed E-state index contributed by atoms with van der Waals surface area (Å²) in [5.41, 5.74) is 2.96. The van der Waals surface area contributed by atoms with Crippen molar-refractivity contribution in [2.75, 3.05) is 31.2 Å². The zero-order valence-corrected chi connectivity index (χ0v) is 17.3. The lowest BCUT2D eigenvalue weighted by Crippen LogP contribution is -2.38. The van der Waals surface area contributed by atoms with E-state index in [0.717, 1.165) is 54.0 Å². The number of ether oxygens (including phenoxy) is 2. The van der Waals surface area contributed by atoms with Gasteiger partial charge in [-0.1, -0.05) is 25.1 Å². The molecule has 2 aromatic carbocycles. The molecule has 0 spiro atoms. The summed E-state index contributed by atoms with van der Waals surface area (Å²) in [4.78, 5) is 16.5. The van der Waals surface area contributed by atoms with Gasteiger partial charge in [-0.25, -0.2) is 0 Å². The molecule has 30 heavy (non-hydrogen) atoms. The van der Waals surface area contributed by atoms with Gasteiger partial charge in [-0.15, -0.1) is 0 Å². The molecule has 0 bridgehead atoms. The summed E-state index contributed by atoms with van der Waals surface area (Å²) in [6.07, 6.45) is 5.78. The topological polar surface area (TPSA) is 65.8 Å². The van der Waals surface area contributed by atoms with Crippen molar-refractivity contribution >= 4 is 11.6 Å². The average Bonchev–Trinajstić information content (AvgIpc) is 3.16. The summed E-state index contributed by atoms with van der Waals surface area (Å²) in [5, 5.41) is 9.65. The molecule has 0 N–H and O–H groups in total. The number of carbonyl (C=O) groups excluding carboxylic acids is 1. The first-order valence-corrected chi connectivity index (χ1v) is 10.6. The van der Waals surface area contributed by atoms with Crippen molar-refractivity contribution < 1.29 is 14.3 Å². The number of nitrogens with zero attached hydrogens (tertiary/aromatic N) is 3. The van der Waals surface area contributed by atoms with Gasteiger partial charge in [0.25, 0.3) is 0 Å². The Bertz CT molecular complexity index is 953. The highest BCUT2D eigenvalue weighted by Gasteiger charge is 2.31. The molecule has 0 radical (unpaired) electrons. The minimum Gasteiger partial charge on any atom is -0.490 e. The largest absolute Gasteiger partial charge is 0.490 e. The van der Waals surface area contributed by atoms with Crippen molar-refractivity contribution in [2.45, 2.75) is 38.6 Å². The van der Waals surface area contributed by atoms with Gasteiger partial charge >= 0.3 is 0 Å². The first-order chi connectivity index (χ1) is 14.7. The van der Waals surface area contributed by atoms with Crippen molar-refractivity contribution in [1.82, 2.24) is 4.90 Å². The van der Waals surface area contributed by atoms with Crippen LogP contribution in [0.4, 0.5) is 5.69 Å². The number of hydrogen-bond donors (Lipinski definition) is 0. The summed E-state index contributed by atoms with van der Waals surface area (Å²) in [5.74, 6) is 1.48. The quantitative estimate of drug-likeness (QED) is 0.554. The number of amides is 1. The van der Waals surface area contributed by atoms with Gasteiger partial charge in [-0.05, 0) is 54.7 Å². The second-order valence-electron chi connectivity index (χ2n) is 7.71. The number of hydrogen-bond acceptors (Lipinski definition) is 5. The third-order valence-corrected chi connectivity index (χ3v) is 5.77. The summed E-state index contributed by atoms with van der Waals surface area (Å²) < 4.78 is 11.6. The van der Waals surface area contributed by atoms with E-state index < -0.39 is 0 Å². The van der Waals surface area contributed by atoms with E-state index in [2.05, 4.69) is 13.1 Å². The molecule has 0 unspecified atom stereocenters. The van der Waals surface area contributed by atoms with Crippen LogP contribution in [0.25, 0.3) is 0 Å². The maximum Gasteiger partial charge on any atom is 0.243 e. The Morgan fingerprint density at radius 1 is 1.17 bits per heavy atom. The van der Waals surface area contributed by atoms with Gasteiger partial charge < -0.3 is 14.4 Å². The number of nitriles is 1. The minimum atomic E-state index is -0.0342. The second-order valence-corrected chi connectivity index (χ2v) is 7.71. The fraction of sp³-hybridized carbons (Fsp3) is 0.417. The van der Waals surface area contributed by atoms with Crippen LogP contribution in [0.1, 0.15) is 43.4 Å². The molecule has 1 fully saturated rings. The van der Waals surface area contributed by atoms with Crippen LogP contribution in [-0.2, 0) is 11.2 Å². The Balaban J connectivity index is 1.51. The molecule has 2 aliphatic heterocycles. The Morgan fingerprint density at radius 2 is 2.00 bits per heavy atom. The van der Waals surface area contributed by atoms with Gasteiger partial charge in [0.05, 0.1) is 24.9 Å². The summed E-state index contributed by atoms with van der Waals surface area (Å²) in [7, 11) is 0. The van der Waals surface area contributed by atoms with Crippen LogP contribution in [0.2, 0.25) is 0 Å². The van der Waals surface area contributed by atoms with Crippen LogP contribution in [0.15, 0.2) is 42.5 Å². The number of rotatable bonds is 5. The van der Waals surface area contributed by atoms with E-state index in [9.17, 15) is 10.1 Å². The fourth-order valence-electron chi connectivity index (χ4n) is 4.15. The summed E-state index contributed by atoms with van der Waals surface area (Å²) in [6.45, 7) is 4.11. The van der Waals surface area contributed by atoms with Crippen molar-refractivity contribution in [1.29, 1.82) is 5.26 Å². The highest BCUT2D eigenvalue weighted by atomic mass is 16.5. The van der Waals surface area contributed by atoms with Crippen molar-refractivity contribution in [3.63, 3.8) is 0 Å². The van der Waals surface area contributed by atoms with E-state index >= 15 is 0 Å². The van der Waals surface area contributed by atoms with E-state index in [4.69, 9.17) is 9.47 Å². The number of anilines is 1. The number of benzene rings is 2. The van der Waals surface area contributed by atoms with Crippen LogP contribution in [0, 0.1) is 11.5 Å². The van der Waals surface area contributed by atoms with Crippen LogP contribution < -0.4 is 14.4 Å². The molecule has 2 aromatic rings. The van der Waals surface area contributed by atoms with Crippen molar-refractivity contribution in [2.24, 2.45) is 0 Å². The smallest absolute Gasteiger partial charge is 0.243 e. The van der Waals surface area contributed by atoms with Crippen molar-refractivity contribution in [3.8, 4) is 17.7 Å². The number of fused-ring (bicyclic) bond motifs is 1. The molecule has 6 heteroatoms. The molecule has 0 saturated carbocycles. The standard InChI is InChI=1S/C24H27N3O3/c1-2-18-6-3-7-20(14-18)26(17-25)16-24(28)27-11-4-8-21(27)19-9-10-22-23(15-19)30-13-5-12-29-22/h3,6-7,9-10,14-15,21H,2,4-5,8,11-13,16H2,1H3/t21-/m0/s1. The molecule has 2 heterocycles. The predicted octanol–water partition coefficient (Wildman–Crippen LogP) is 4.06. The first-order valence-electron chi connectivity index (χ1n) is 10.6. The Labute approximate surface area is 177 Å². The molecule has 156 valence electrons. The molecule has 6 nitrogen and oxygen atoms in total. The Morgan fingerprint density at radius 3 is 2.80 bits per heavy atom. The molecule has 0 aliphatic carbocycles. The number of likely N-dealkylation sites (tertiary alicyclic amines) is 1. The molecular weight excluding hydrogens is 378 g/mol. The molecule has 0 aromatic heterocycles. The van der Waals surface area contributed by atoms with Gasteiger partial charge in [0, 0.05) is 13.0 Å². The normalized spacial score (nSPS) is 17.9. The molecule has 4 rings (SSSR count). The highest BCUT2D eigenvalue weighted by molar-refractivity contribution is 5.83. The zero-order chi connectivity index (χ0) is 20.9. The monoisotopic (exact) mass is 405 g/mol. The second kappa shape index (κ2) is 9.08.